The smallest absolute Gasteiger partial charge is 0.305 e. The zero-order valence-corrected chi connectivity index (χ0v) is 11.2. The quantitative estimate of drug-likeness (QED) is 0.716. The number of hydrogen-bond acceptors (Lipinski definition) is 5. The molecule has 0 amide bonds. The van der Waals surface area contributed by atoms with E-state index in [-0.39, 0.29) is 6.42 Å². The third kappa shape index (κ3) is 4.57. The topological polar surface area (TPSA) is 87.1 Å². The maximum absolute atomic E-state index is 10.8. The molecule has 0 saturated heterocycles. The fourth-order valence-electron chi connectivity index (χ4n) is 1.67. The number of rotatable bonds is 6. The molecule has 6 heteroatoms. The predicted molar refractivity (Wildman–Crippen MR) is 70.9 cm³/mol. The molecule has 0 radical (unpaired) electrons. The Balaban J connectivity index is 2.86. The maximum Gasteiger partial charge on any atom is 0.305 e. The average molecular weight is 252 g/mol. The summed E-state index contributed by atoms with van der Waals surface area (Å²) in [5.74, 6) is 1.16. The van der Waals surface area contributed by atoms with Gasteiger partial charge >= 0.3 is 5.97 Å². The molecule has 0 unspecified atom stereocenters. The van der Waals surface area contributed by atoms with Gasteiger partial charge in [0, 0.05) is 18.2 Å². The molecule has 0 aliphatic heterocycles. The molecule has 18 heavy (non-hydrogen) atoms. The van der Waals surface area contributed by atoms with Crippen molar-refractivity contribution in [3.05, 3.63) is 11.9 Å². The van der Waals surface area contributed by atoms with Crippen molar-refractivity contribution in [2.24, 2.45) is 0 Å². The predicted octanol–water partition coefficient (Wildman–Crippen LogP) is 1.88. The van der Waals surface area contributed by atoms with Crippen molar-refractivity contribution in [2.45, 2.75) is 39.7 Å². The summed E-state index contributed by atoms with van der Waals surface area (Å²) in [6, 6.07) is 1.78. The summed E-state index contributed by atoms with van der Waals surface area (Å²) in [6.07, 6.45) is 0.0204. The Morgan fingerprint density at radius 1 is 1.39 bits per heavy atom. The van der Waals surface area contributed by atoms with E-state index in [0.717, 1.165) is 12.4 Å². The minimum atomic E-state index is -0.842. The minimum Gasteiger partial charge on any atom is -0.481 e. The normalized spacial score (nSPS) is 11.1. The van der Waals surface area contributed by atoms with E-state index in [4.69, 9.17) is 5.11 Å². The van der Waals surface area contributed by atoms with E-state index in [2.05, 4.69) is 20.6 Å². The van der Waals surface area contributed by atoms with Gasteiger partial charge in [-0.3, -0.25) is 4.79 Å². The number of nitrogens with one attached hydrogen (secondary N) is 2. The Labute approximate surface area is 107 Å². The molecule has 1 aromatic rings. The molecular weight excluding hydrogens is 232 g/mol. The molecule has 0 aliphatic rings. The number of aliphatic carboxylic acids is 1. The molecule has 0 fully saturated rings. The van der Waals surface area contributed by atoms with Crippen LogP contribution in [-0.2, 0) is 4.79 Å². The van der Waals surface area contributed by atoms with Crippen LogP contribution in [0.5, 0.6) is 0 Å². The number of carboxylic acids is 1. The van der Waals surface area contributed by atoms with Crippen LogP contribution in [0.3, 0.4) is 0 Å². The molecular formula is C12H20N4O2. The van der Waals surface area contributed by atoms with Gasteiger partial charge in [-0.15, -0.1) is 0 Å². The highest BCUT2D eigenvalue weighted by molar-refractivity contribution is 5.69. The van der Waals surface area contributed by atoms with Crippen molar-refractivity contribution in [2.75, 3.05) is 17.2 Å². The van der Waals surface area contributed by atoms with Crippen LogP contribution < -0.4 is 10.6 Å². The van der Waals surface area contributed by atoms with Gasteiger partial charge in [0.2, 0.25) is 0 Å². The first-order chi connectivity index (χ1) is 8.32. The van der Waals surface area contributed by atoms with Gasteiger partial charge in [-0.1, -0.05) is 0 Å². The van der Waals surface area contributed by atoms with Gasteiger partial charge in [0.25, 0.3) is 0 Å². The van der Waals surface area contributed by atoms with Crippen molar-refractivity contribution >= 4 is 17.6 Å². The maximum atomic E-state index is 10.8. The molecule has 0 atom stereocenters. The van der Waals surface area contributed by atoms with Gasteiger partial charge in [-0.2, -0.15) is 0 Å². The van der Waals surface area contributed by atoms with Crippen molar-refractivity contribution in [1.82, 2.24) is 9.97 Å². The Morgan fingerprint density at radius 3 is 2.56 bits per heavy atom. The molecule has 0 bridgehead atoms. The molecule has 6 nitrogen and oxygen atoms in total. The Bertz CT molecular complexity index is 432. The zero-order valence-electron chi connectivity index (χ0n) is 11.2. The highest BCUT2D eigenvalue weighted by atomic mass is 16.4. The monoisotopic (exact) mass is 252 g/mol. The van der Waals surface area contributed by atoms with Gasteiger partial charge in [0.05, 0.1) is 6.42 Å². The van der Waals surface area contributed by atoms with Crippen molar-refractivity contribution in [3.63, 3.8) is 0 Å². The first-order valence-corrected chi connectivity index (χ1v) is 5.92. The second kappa shape index (κ2) is 5.66. The molecule has 1 heterocycles. The van der Waals surface area contributed by atoms with E-state index in [0.29, 0.717) is 11.6 Å². The third-order valence-corrected chi connectivity index (χ3v) is 2.26. The lowest BCUT2D eigenvalue weighted by molar-refractivity contribution is -0.137. The lowest BCUT2D eigenvalue weighted by Gasteiger charge is -2.25. The molecule has 0 spiro atoms. The lowest BCUT2D eigenvalue weighted by atomic mass is 10.0. The number of anilines is 2. The average Bonchev–Trinajstić information content (AvgIpc) is 2.12. The van der Waals surface area contributed by atoms with Crippen LogP contribution in [0.25, 0.3) is 0 Å². The van der Waals surface area contributed by atoms with Gasteiger partial charge in [-0.05, 0) is 27.7 Å². The summed E-state index contributed by atoms with van der Waals surface area (Å²) in [6.45, 7) is 8.21. The summed E-state index contributed by atoms with van der Waals surface area (Å²) in [4.78, 5) is 19.2. The highest BCUT2D eigenvalue weighted by Gasteiger charge is 2.22. The van der Waals surface area contributed by atoms with E-state index >= 15 is 0 Å². The molecule has 0 aliphatic carbocycles. The van der Waals surface area contributed by atoms with Crippen LogP contribution in [0.2, 0.25) is 0 Å². The Morgan fingerprint density at radius 2 is 2.00 bits per heavy atom. The standard InChI is InChI=1S/C12H20N4O2/c1-5-13-9-6-10(15-8(2)14-9)16-12(3,4)7-11(17)18/h6H,5,7H2,1-4H3,(H,17,18)(H2,13,14,15,16). The number of aryl methyl sites for hydroxylation is 1. The number of carbonyl (C=O) groups is 1. The number of aromatic nitrogens is 2. The summed E-state index contributed by atoms with van der Waals surface area (Å²) in [5, 5.41) is 15.1. The van der Waals surface area contributed by atoms with E-state index in [9.17, 15) is 4.79 Å². The van der Waals surface area contributed by atoms with Gasteiger partial charge in [0.1, 0.15) is 17.5 Å². The fraction of sp³-hybridized carbons (Fsp3) is 0.583. The first-order valence-electron chi connectivity index (χ1n) is 5.92. The largest absolute Gasteiger partial charge is 0.481 e. The van der Waals surface area contributed by atoms with E-state index in [1.54, 1.807) is 13.0 Å². The van der Waals surface area contributed by atoms with Crippen molar-refractivity contribution in [1.29, 1.82) is 0 Å². The van der Waals surface area contributed by atoms with E-state index in [1.165, 1.54) is 0 Å². The molecule has 1 rings (SSSR count). The molecule has 1 aromatic heterocycles. The van der Waals surface area contributed by atoms with Crippen LogP contribution in [0.15, 0.2) is 6.07 Å². The van der Waals surface area contributed by atoms with Crippen LogP contribution in [0.1, 0.15) is 33.0 Å². The summed E-state index contributed by atoms with van der Waals surface area (Å²) in [7, 11) is 0. The SMILES string of the molecule is CCNc1cc(NC(C)(C)CC(=O)O)nc(C)n1. The van der Waals surface area contributed by atoms with E-state index in [1.807, 2.05) is 20.8 Å². The summed E-state index contributed by atoms with van der Waals surface area (Å²) < 4.78 is 0. The van der Waals surface area contributed by atoms with Crippen LogP contribution >= 0.6 is 0 Å². The van der Waals surface area contributed by atoms with Gasteiger partial charge in [-0.25, -0.2) is 9.97 Å². The molecule has 100 valence electrons. The van der Waals surface area contributed by atoms with Crippen LogP contribution in [-0.4, -0.2) is 33.1 Å². The minimum absolute atomic E-state index is 0.0204. The lowest BCUT2D eigenvalue weighted by Crippen LogP contribution is -2.34. The highest BCUT2D eigenvalue weighted by Crippen LogP contribution is 2.18. The fourth-order valence-corrected chi connectivity index (χ4v) is 1.67. The van der Waals surface area contributed by atoms with Crippen molar-refractivity contribution in [3.8, 4) is 0 Å². The zero-order chi connectivity index (χ0) is 13.8. The van der Waals surface area contributed by atoms with Gasteiger partial charge < -0.3 is 15.7 Å². The number of nitrogens with zero attached hydrogens (tertiary/aromatic N) is 2. The number of hydrogen-bond donors (Lipinski definition) is 3. The van der Waals surface area contributed by atoms with Gasteiger partial charge in [0.15, 0.2) is 0 Å². The Kier molecular flexibility index (Phi) is 4.47. The first kappa shape index (κ1) is 14.2. The molecule has 3 N–H and O–H groups in total. The summed E-state index contributed by atoms with van der Waals surface area (Å²) in [5.41, 5.74) is -0.559. The van der Waals surface area contributed by atoms with Crippen molar-refractivity contribution < 1.29 is 9.90 Å². The number of carboxylic acid groups (broad SMARTS) is 1. The van der Waals surface area contributed by atoms with E-state index < -0.39 is 11.5 Å². The molecule has 0 saturated carbocycles. The second-order valence-corrected chi connectivity index (χ2v) is 4.80. The summed E-state index contributed by atoms with van der Waals surface area (Å²) >= 11 is 0. The molecule has 0 aromatic carbocycles. The third-order valence-electron chi connectivity index (χ3n) is 2.26. The van der Waals surface area contributed by atoms with Crippen LogP contribution in [0, 0.1) is 6.92 Å². The van der Waals surface area contributed by atoms with Crippen LogP contribution in [0.4, 0.5) is 11.6 Å². The Hall–Kier alpha value is -1.85. The second-order valence-electron chi connectivity index (χ2n) is 4.80.